The first-order chi connectivity index (χ1) is 5.90. The second-order valence-electron chi connectivity index (χ2n) is 2.97. The van der Waals surface area contributed by atoms with E-state index < -0.39 is 0 Å². The largest absolute Gasteiger partial charge is 0.309 e. The molecule has 3 heteroatoms. The van der Waals surface area contributed by atoms with Gasteiger partial charge in [-0.05, 0) is 29.0 Å². The summed E-state index contributed by atoms with van der Waals surface area (Å²) in [5.74, 6) is 1.16. The van der Waals surface area contributed by atoms with Crippen molar-refractivity contribution in [3.63, 3.8) is 0 Å². The molecule has 0 amide bonds. The maximum atomic E-state index is 3.35. The van der Waals surface area contributed by atoms with Crippen molar-refractivity contribution < 1.29 is 0 Å². The quantitative estimate of drug-likeness (QED) is 0.762. The monoisotopic (exact) mass is 215 g/mol. The van der Waals surface area contributed by atoms with Crippen LogP contribution in [-0.4, -0.2) is 5.75 Å². The smallest absolute Gasteiger partial charge is 0.0212 e. The molecule has 72 valence electrons. The molecule has 1 aliphatic rings. The molecule has 0 radical (unpaired) electrons. The molecule has 2 rings (SSSR count). The maximum absolute atomic E-state index is 3.35. The van der Waals surface area contributed by atoms with Crippen LogP contribution in [0.2, 0.25) is 0 Å². The molecule has 1 aromatic rings. The van der Waals surface area contributed by atoms with Crippen molar-refractivity contribution in [2.75, 3.05) is 5.75 Å². The van der Waals surface area contributed by atoms with Crippen LogP contribution < -0.4 is 5.32 Å². The Labute approximate surface area is 89.7 Å². The first kappa shape index (κ1) is 10.9. The Kier molecular flexibility index (Phi) is 4.10. The van der Waals surface area contributed by atoms with E-state index in [4.69, 9.17) is 0 Å². The molecular formula is C10H14ClNS. The Hall–Kier alpha value is -0.180. The number of halogens is 1. The maximum Gasteiger partial charge on any atom is 0.0212 e. The Morgan fingerprint density at radius 3 is 2.85 bits per heavy atom. The normalized spacial score (nSPS) is 13.6. The second kappa shape index (κ2) is 4.89. The molecule has 0 bridgehead atoms. The van der Waals surface area contributed by atoms with Gasteiger partial charge in [0.15, 0.2) is 0 Å². The summed E-state index contributed by atoms with van der Waals surface area (Å²) in [6.45, 7) is 4.29. The lowest BCUT2D eigenvalue weighted by molar-refractivity contribution is 0.764. The molecule has 0 saturated heterocycles. The fourth-order valence-corrected chi connectivity index (χ4v) is 2.25. The molecule has 0 aliphatic carbocycles. The molecule has 1 nitrogen and oxygen atoms in total. The first-order valence-corrected chi connectivity index (χ1v) is 5.34. The van der Waals surface area contributed by atoms with Crippen molar-refractivity contribution in [2.45, 2.75) is 24.9 Å². The van der Waals surface area contributed by atoms with Crippen molar-refractivity contribution >= 4 is 24.2 Å². The van der Waals surface area contributed by atoms with Crippen molar-refractivity contribution in [1.29, 1.82) is 0 Å². The van der Waals surface area contributed by atoms with Crippen molar-refractivity contribution in [2.24, 2.45) is 0 Å². The van der Waals surface area contributed by atoms with Crippen LogP contribution in [0.25, 0.3) is 0 Å². The van der Waals surface area contributed by atoms with E-state index in [0.717, 1.165) is 18.8 Å². The van der Waals surface area contributed by atoms with Crippen LogP contribution in [0.15, 0.2) is 23.1 Å². The van der Waals surface area contributed by atoms with Gasteiger partial charge in [0.05, 0.1) is 0 Å². The zero-order valence-electron chi connectivity index (χ0n) is 7.67. The van der Waals surface area contributed by atoms with Crippen molar-refractivity contribution in [1.82, 2.24) is 5.32 Å². The SMILES string of the molecule is CCSc1ccc2c(c1)CNC2.Cl. The summed E-state index contributed by atoms with van der Waals surface area (Å²) in [7, 11) is 0. The minimum atomic E-state index is 0. The van der Waals surface area contributed by atoms with E-state index in [2.05, 4.69) is 30.4 Å². The molecule has 0 atom stereocenters. The second-order valence-corrected chi connectivity index (χ2v) is 4.30. The standard InChI is InChI=1S/C10H13NS.ClH/c1-2-12-10-4-3-8-6-11-7-9(8)5-10;/h3-5,11H,2,6-7H2,1H3;1H. The minimum Gasteiger partial charge on any atom is -0.309 e. The summed E-state index contributed by atoms with van der Waals surface area (Å²) in [5, 5.41) is 3.35. The van der Waals surface area contributed by atoms with Gasteiger partial charge in [-0.3, -0.25) is 0 Å². The van der Waals surface area contributed by atoms with Gasteiger partial charge < -0.3 is 5.32 Å². The molecule has 13 heavy (non-hydrogen) atoms. The molecule has 0 fully saturated rings. The van der Waals surface area contributed by atoms with Crippen LogP contribution in [0.3, 0.4) is 0 Å². The Morgan fingerprint density at radius 2 is 2.08 bits per heavy atom. The lowest BCUT2D eigenvalue weighted by Gasteiger charge is -2.01. The number of benzene rings is 1. The zero-order chi connectivity index (χ0) is 8.39. The van der Waals surface area contributed by atoms with Crippen LogP contribution in [0.1, 0.15) is 18.1 Å². The van der Waals surface area contributed by atoms with Gasteiger partial charge in [0, 0.05) is 18.0 Å². The number of hydrogen-bond donors (Lipinski definition) is 1. The van der Waals surface area contributed by atoms with Gasteiger partial charge in [0.2, 0.25) is 0 Å². The number of nitrogens with one attached hydrogen (secondary N) is 1. The van der Waals surface area contributed by atoms with Crippen LogP contribution in [0.4, 0.5) is 0 Å². The topological polar surface area (TPSA) is 12.0 Å². The van der Waals surface area contributed by atoms with E-state index in [9.17, 15) is 0 Å². The van der Waals surface area contributed by atoms with Gasteiger partial charge in [-0.1, -0.05) is 13.0 Å². The Balaban J connectivity index is 0.000000845. The number of rotatable bonds is 2. The molecule has 0 saturated carbocycles. The van der Waals surface area contributed by atoms with Gasteiger partial charge >= 0.3 is 0 Å². The zero-order valence-corrected chi connectivity index (χ0v) is 9.30. The van der Waals surface area contributed by atoms with Crippen LogP contribution in [0, 0.1) is 0 Å². The van der Waals surface area contributed by atoms with E-state index >= 15 is 0 Å². The van der Waals surface area contributed by atoms with Crippen LogP contribution in [0.5, 0.6) is 0 Å². The average Bonchev–Trinajstić information content (AvgIpc) is 2.51. The Morgan fingerprint density at radius 1 is 1.31 bits per heavy atom. The third-order valence-electron chi connectivity index (χ3n) is 2.12. The van der Waals surface area contributed by atoms with E-state index in [1.807, 2.05) is 11.8 Å². The first-order valence-electron chi connectivity index (χ1n) is 4.35. The third-order valence-corrected chi connectivity index (χ3v) is 3.00. The van der Waals surface area contributed by atoms with Crippen LogP contribution in [-0.2, 0) is 13.1 Å². The molecular weight excluding hydrogens is 202 g/mol. The highest BCUT2D eigenvalue weighted by Crippen LogP contribution is 2.23. The summed E-state index contributed by atoms with van der Waals surface area (Å²) in [4.78, 5) is 1.40. The van der Waals surface area contributed by atoms with Gasteiger partial charge in [0.25, 0.3) is 0 Å². The van der Waals surface area contributed by atoms with E-state index in [0.29, 0.717) is 0 Å². The molecule has 1 aromatic carbocycles. The summed E-state index contributed by atoms with van der Waals surface area (Å²) in [6, 6.07) is 6.77. The van der Waals surface area contributed by atoms with Crippen LogP contribution >= 0.6 is 24.2 Å². The number of hydrogen-bond acceptors (Lipinski definition) is 2. The lowest BCUT2D eigenvalue weighted by atomic mass is 10.1. The minimum absolute atomic E-state index is 0. The molecule has 1 aliphatic heterocycles. The van der Waals surface area contributed by atoms with Gasteiger partial charge in [0.1, 0.15) is 0 Å². The average molecular weight is 216 g/mol. The molecule has 1 N–H and O–H groups in total. The molecule has 0 unspecified atom stereocenters. The number of thioether (sulfide) groups is 1. The van der Waals surface area contributed by atoms with E-state index in [-0.39, 0.29) is 12.4 Å². The van der Waals surface area contributed by atoms with Crippen molar-refractivity contribution in [3.05, 3.63) is 29.3 Å². The highest BCUT2D eigenvalue weighted by atomic mass is 35.5. The van der Waals surface area contributed by atoms with Gasteiger partial charge in [-0.15, -0.1) is 24.2 Å². The highest BCUT2D eigenvalue weighted by Gasteiger charge is 2.09. The third kappa shape index (κ3) is 2.39. The predicted octanol–water partition coefficient (Wildman–Crippen LogP) is 2.82. The van der Waals surface area contributed by atoms with Gasteiger partial charge in [-0.2, -0.15) is 0 Å². The lowest BCUT2D eigenvalue weighted by Crippen LogP contribution is -1.99. The Bertz CT molecular complexity index is 288. The fraction of sp³-hybridized carbons (Fsp3) is 0.400. The summed E-state index contributed by atoms with van der Waals surface area (Å²) >= 11 is 1.91. The molecule has 1 heterocycles. The number of fused-ring (bicyclic) bond motifs is 1. The highest BCUT2D eigenvalue weighted by molar-refractivity contribution is 7.99. The predicted molar refractivity (Wildman–Crippen MR) is 60.6 cm³/mol. The van der Waals surface area contributed by atoms with Crippen molar-refractivity contribution in [3.8, 4) is 0 Å². The molecule has 0 spiro atoms. The fourth-order valence-electron chi connectivity index (χ4n) is 1.53. The van der Waals surface area contributed by atoms with Gasteiger partial charge in [-0.25, -0.2) is 0 Å². The molecule has 0 aromatic heterocycles. The summed E-state index contributed by atoms with van der Waals surface area (Å²) in [5.41, 5.74) is 2.95. The summed E-state index contributed by atoms with van der Waals surface area (Å²) in [6.07, 6.45) is 0. The van der Waals surface area contributed by atoms with E-state index in [1.165, 1.54) is 16.0 Å². The summed E-state index contributed by atoms with van der Waals surface area (Å²) < 4.78 is 0. The van der Waals surface area contributed by atoms with E-state index in [1.54, 1.807) is 0 Å².